The van der Waals surface area contributed by atoms with Gasteiger partial charge in [0.25, 0.3) is 0 Å². The van der Waals surface area contributed by atoms with Crippen molar-refractivity contribution in [1.82, 2.24) is 10.2 Å². The summed E-state index contributed by atoms with van der Waals surface area (Å²) in [5.41, 5.74) is 0.608. The van der Waals surface area contributed by atoms with Gasteiger partial charge in [0, 0.05) is 17.8 Å². The van der Waals surface area contributed by atoms with Gasteiger partial charge in [-0.2, -0.15) is 0 Å². The normalized spacial score (nSPS) is 11.0. The number of phenols is 1. The van der Waals surface area contributed by atoms with Crippen LogP contribution in [-0.4, -0.2) is 34.9 Å². The number of ether oxygens (including phenoxy) is 1. The smallest absolute Gasteiger partial charge is 0.232 e. The van der Waals surface area contributed by atoms with Crippen molar-refractivity contribution in [2.24, 2.45) is 4.99 Å². The average Bonchev–Trinajstić information content (AvgIpc) is 2.85. The molecule has 0 saturated carbocycles. The number of aromatic nitrogens is 2. The Labute approximate surface area is 113 Å². The molecule has 1 aromatic carbocycles. The van der Waals surface area contributed by atoms with Crippen LogP contribution in [0.2, 0.25) is 0 Å². The molecule has 2 aromatic rings. The van der Waals surface area contributed by atoms with E-state index in [0.717, 1.165) is 4.34 Å². The molecule has 0 unspecified atom stereocenters. The molecule has 1 aromatic heterocycles. The lowest BCUT2D eigenvalue weighted by Gasteiger charge is -2.02. The summed E-state index contributed by atoms with van der Waals surface area (Å²) in [6.45, 7) is 0. The minimum atomic E-state index is 0.118. The first-order valence-corrected chi connectivity index (χ1v) is 7.05. The van der Waals surface area contributed by atoms with E-state index in [2.05, 4.69) is 15.2 Å². The molecule has 0 atom stereocenters. The van der Waals surface area contributed by atoms with Crippen LogP contribution < -0.4 is 4.74 Å². The zero-order chi connectivity index (χ0) is 13.0. The summed E-state index contributed by atoms with van der Waals surface area (Å²) < 4.78 is 5.87. The zero-order valence-electron chi connectivity index (χ0n) is 9.82. The summed E-state index contributed by atoms with van der Waals surface area (Å²) in [7, 11) is 1.55. The summed E-state index contributed by atoms with van der Waals surface area (Å²) in [4.78, 5) is 4.17. The molecule has 0 saturated heterocycles. The van der Waals surface area contributed by atoms with Crippen molar-refractivity contribution in [2.45, 2.75) is 4.34 Å². The lowest BCUT2D eigenvalue weighted by Crippen LogP contribution is -1.86. The summed E-state index contributed by atoms with van der Waals surface area (Å²) >= 11 is 2.93. The van der Waals surface area contributed by atoms with E-state index in [1.165, 1.54) is 29.2 Å². The van der Waals surface area contributed by atoms with Gasteiger partial charge in [-0.25, -0.2) is 4.99 Å². The van der Waals surface area contributed by atoms with Crippen LogP contribution in [0.3, 0.4) is 0 Å². The van der Waals surface area contributed by atoms with E-state index in [4.69, 9.17) is 4.74 Å². The highest BCUT2D eigenvalue weighted by atomic mass is 32.2. The highest BCUT2D eigenvalue weighted by molar-refractivity contribution is 8.00. The van der Waals surface area contributed by atoms with E-state index in [1.807, 2.05) is 6.26 Å². The predicted octanol–water partition coefficient (Wildman–Crippen LogP) is 2.72. The number of rotatable bonds is 4. The Balaban J connectivity index is 2.18. The van der Waals surface area contributed by atoms with Crippen LogP contribution in [0.1, 0.15) is 5.56 Å². The molecule has 7 heteroatoms. The molecule has 1 heterocycles. The molecule has 0 aliphatic carbocycles. The molecule has 0 aliphatic heterocycles. The fourth-order valence-corrected chi connectivity index (χ4v) is 2.33. The minimum Gasteiger partial charge on any atom is -0.507 e. The molecule has 0 bridgehead atoms. The maximum Gasteiger partial charge on any atom is 0.232 e. The fraction of sp³-hybridized carbons (Fsp3) is 0.182. The largest absolute Gasteiger partial charge is 0.507 e. The van der Waals surface area contributed by atoms with E-state index in [1.54, 1.807) is 25.5 Å². The Hall–Kier alpha value is -1.60. The Morgan fingerprint density at radius 3 is 2.89 bits per heavy atom. The lowest BCUT2D eigenvalue weighted by atomic mass is 10.2. The third-order valence-electron chi connectivity index (χ3n) is 2.12. The van der Waals surface area contributed by atoms with Crippen molar-refractivity contribution in [3.8, 4) is 11.5 Å². The quantitative estimate of drug-likeness (QED) is 0.689. The van der Waals surface area contributed by atoms with Crippen molar-refractivity contribution in [3.63, 3.8) is 0 Å². The van der Waals surface area contributed by atoms with Crippen LogP contribution in [0.5, 0.6) is 11.5 Å². The molecular formula is C11H11N3O2S2. The number of thioether (sulfide) groups is 1. The van der Waals surface area contributed by atoms with Gasteiger partial charge in [0.2, 0.25) is 5.13 Å². The molecule has 0 amide bonds. The van der Waals surface area contributed by atoms with Crippen LogP contribution in [0, 0.1) is 0 Å². The summed E-state index contributed by atoms with van der Waals surface area (Å²) in [6.07, 6.45) is 3.49. The van der Waals surface area contributed by atoms with Gasteiger partial charge < -0.3 is 9.84 Å². The van der Waals surface area contributed by atoms with Gasteiger partial charge in [0.1, 0.15) is 11.5 Å². The van der Waals surface area contributed by atoms with Gasteiger partial charge in [-0.05, 0) is 18.4 Å². The second kappa shape index (κ2) is 5.83. The van der Waals surface area contributed by atoms with Gasteiger partial charge in [0.15, 0.2) is 4.34 Å². The number of aliphatic imine (C=N–C) groups is 1. The van der Waals surface area contributed by atoms with Crippen LogP contribution in [-0.2, 0) is 0 Å². The van der Waals surface area contributed by atoms with E-state index >= 15 is 0 Å². The molecule has 0 fully saturated rings. The predicted molar refractivity (Wildman–Crippen MR) is 73.6 cm³/mol. The van der Waals surface area contributed by atoms with Gasteiger partial charge in [0.05, 0.1) is 7.11 Å². The van der Waals surface area contributed by atoms with Gasteiger partial charge in [-0.3, -0.25) is 0 Å². The molecule has 2 rings (SSSR count). The monoisotopic (exact) mass is 281 g/mol. The van der Waals surface area contributed by atoms with E-state index < -0.39 is 0 Å². The second-order valence-corrected chi connectivity index (χ2v) is 5.25. The summed E-state index contributed by atoms with van der Waals surface area (Å²) in [5.74, 6) is 0.720. The number of hydrogen-bond acceptors (Lipinski definition) is 7. The van der Waals surface area contributed by atoms with Gasteiger partial charge in [-0.15, -0.1) is 10.2 Å². The Kier molecular flexibility index (Phi) is 4.16. The van der Waals surface area contributed by atoms with Gasteiger partial charge in [-0.1, -0.05) is 23.1 Å². The van der Waals surface area contributed by atoms with Crippen molar-refractivity contribution in [2.75, 3.05) is 13.4 Å². The number of nitrogens with zero attached hydrogens (tertiary/aromatic N) is 3. The summed E-state index contributed by atoms with van der Waals surface area (Å²) in [5, 5.41) is 18.1. The Morgan fingerprint density at radius 2 is 2.28 bits per heavy atom. The minimum absolute atomic E-state index is 0.118. The van der Waals surface area contributed by atoms with E-state index in [0.29, 0.717) is 16.4 Å². The lowest BCUT2D eigenvalue weighted by molar-refractivity contribution is 0.407. The molecular weight excluding hydrogens is 270 g/mol. The number of phenolic OH excluding ortho intramolecular Hbond substituents is 1. The van der Waals surface area contributed by atoms with Gasteiger partial charge >= 0.3 is 0 Å². The first-order valence-electron chi connectivity index (χ1n) is 5.01. The molecule has 0 spiro atoms. The fourth-order valence-electron chi connectivity index (χ4n) is 1.22. The first kappa shape index (κ1) is 12.8. The third-order valence-corrected chi connectivity index (χ3v) is 3.93. The van der Waals surface area contributed by atoms with Crippen LogP contribution in [0.25, 0.3) is 0 Å². The standard InChI is InChI=1S/C11H11N3O2S2/c1-16-8-4-3-7(9(15)5-8)6-12-10-13-14-11(17-2)18-10/h3-6,15H,1-2H3/b12-6+. The van der Waals surface area contributed by atoms with Crippen molar-refractivity contribution in [3.05, 3.63) is 23.8 Å². The molecule has 0 aliphatic rings. The van der Waals surface area contributed by atoms with Crippen LogP contribution in [0.4, 0.5) is 5.13 Å². The first-order chi connectivity index (χ1) is 8.72. The average molecular weight is 281 g/mol. The highest BCUT2D eigenvalue weighted by Gasteiger charge is 2.03. The van der Waals surface area contributed by atoms with Crippen LogP contribution >= 0.6 is 23.1 Å². The molecule has 0 radical (unpaired) electrons. The molecule has 5 nitrogen and oxygen atoms in total. The maximum atomic E-state index is 9.74. The number of methoxy groups -OCH3 is 1. The third kappa shape index (κ3) is 2.99. The summed E-state index contributed by atoms with van der Waals surface area (Å²) in [6, 6.07) is 5.03. The zero-order valence-corrected chi connectivity index (χ0v) is 11.5. The second-order valence-electron chi connectivity index (χ2n) is 3.24. The highest BCUT2D eigenvalue weighted by Crippen LogP contribution is 2.26. The number of benzene rings is 1. The Bertz CT molecular complexity index is 569. The topological polar surface area (TPSA) is 67.6 Å². The van der Waals surface area contributed by atoms with Crippen LogP contribution in [0.15, 0.2) is 27.5 Å². The number of hydrogen-bond donors (Lipinski definition) is 1. The van der Waals surface area contributed by atoms with Crippen molar-refractivity contribution >= 4 is 34.4 Å². The molecule has 1 N–H and O–H groups in total. The van der Waals surface area contributed by atoms with Crippen molar-refractivity contribution < 1.29 is 9.84 Å². The van der Waals surface area contributed by atoms with Crippen molar-refractivity contribution in [1.29, 1.82) is 0 Å². The Morgan fingerprint density at radius 1 is 1.44 bits per heavy atom. The molecule has 94 valence electrons. The van der Waals surface area contributed by atoms with E-state index in [9.17, 15) is 5.11 Å². The van der Waals surface area contributed by atoms with E-state index in [-0.39, 0.29) is 5.75 Å². The number of aromatic hydroxyl groups is 1. The SMILES string of the molecule is COc1ccc(/C=N/c2nnc(SC)s2)c(O)c1. The molecule has 18 heavy (non-hydrogen) atoms. The maximum absolute atomic E-state index is 9.74.